The van der Waals surface area contributed by atoms with Crippen LogP contribution in [-0.4, -0.2) is 38.1 Å². The fraction of sp³-hybridized carbons (Fsp3) is 0.462. The molecule has 0 aromatic heterocycles. The highest BCUT2D eigenvalue weighted by Crippen LogP contribution is 2.02. The largest absolute Gasteiger partial charge is 0.393 e. The van der Waals surface area contributed by atoms with Gasteiger partial charge in [0.15, 0.2) is 0 Å². The topological polar surface area (TPSA) is 42.8 Å². The Bertz CT molecular complexity index is 359. The third-order valence-electron chi connectivity index (χ3n) is 2.66. The molecular formula is C13H18N2O2. The van der Waals surface area contributed by atoms with Gasteiger partial charge in [0.2, 0.25) is 0 Å². The Morgan fingerprint density at radius 3 is 3.00 bits per heavy atom. The molecule has 0 aliphatic carbocycles. The average molecular weight is 234 g/mol. The van der Waals surface area contributed by atoms with Crippen molar-refractivity contribution in [2.24, 2.45) is 5.16 Å². The summed E-state index contributed by atoms with van der Waals surface area (Å²) < 4.78 is 5.51. The molecule has 17 heavy (non-hydrogen) atoms. The number of nitrogens with one attached hydrogen (secondary N) is 1. The molecule has 1 N–H and O–H groups in total. The van der Waals surface area contributed by atoms with Crippen molar-refractivity contribution in [1.82, 2.24) is 5.32 Å². The Morgan fingerprint density at radius 1 is 1.47 bits per heavy atom. The van der Waals surface area contributed by atoms with Gasteiger partial charge in [0.05, 0.1) is 12.3 Å². The molecule has 4 nitrogen and oxygen atoms in total. The van der Waals surface area contributed by atoms with Gasteiger partial charge in [0, 0.05) is 13.1 Å². The summed E-state index contributed by atoms with van der Waals surface area (Å²) in [7, 11) is 0. The van der Waals surface area contributed by atoms with Gasteiger partial charge in [0.1, 0.15) is 12.7 Å². The number of nitrogens with zero attached hydrogens (tertiary/aromatic N) is 1. The van der Waals surface area contributed by atoms with Gasteiger partial charge in [-0.2, -0.15) is 0 Å². The molecule has 92 valence electrons. The fourth-order valence-electron chi connectivity index (χ4n) is 1.68. The molecule has 0 spiro atoms. The predicted octanol–water partition coefficient (Wildman–Crippen LogP) is 1.42. The van der Waals surface area contributed by atoms with E-state index in [-0.39, 0.29) is 6.10 Å². The smallest absolute Gasteiger partial charge is 0.144 e. The first-order valence-electron chi connectivity index (χ1n) is 5.90. The van der Waals surface area contributed by atoms with Crippen LogP contribution in [0.1, 0.15) is 12.5 Å². The number of benzene rings is 1. The van der Waals surface area contributed by atoms with Crippen molar-refractivity contribution < 1.29 is 9.57 Å². The molecule has 2 rings (SSSR count). The van der Waals surface area contributed by atoms with E-state index in [1.807, 2.05) is 37.3 Å². The molecule has 1 fully saturated rings. The highest BCUT2D eigenvalue weighted by atomic mass is 16.6. The standard InChI is InChI=1S/C13H18N2O2/c1-11(12-5-3-2-4-6-12)15-17-10-13-9-14-7-8-16-13/h2-6,13-14H,7-10H2,1H3/b15-11+. The summed E-state index contributed by atoms with van der Waals surface area (Å²) in [6.07, 6.45) is 0.107. The molecule has 4 heteroatoms. The van der Waals surface area contributed by atoms with Crippen molar-refractivity contribution in [2.75, 3.05) is 26.3 Å². The van der Waals surface area contributed by atoms with Crippen LogP contribution < -0.4 is 5.32 Å². The molecule has 0 bridgehead atoms. The second kappa shape index (κ2) is 6.37. The third-order valence-corrected chi connectivity index (χ3v) is 2.66. The number of morpholine rings is 1. The molecule has 1 unspecified atom stereocenters. The number of ether oxygens (including phenoxy) is 1. The lowest BCUT2D eigenvalue weighted by molar-refractivity contribution is -0.0302. The number of hydrogen-bond donors (Lipinski definition) is 1. The van der Waals surface area contributed by atoms with Crippen molar-refractivity contribution in [3.05, 3.63) is 35.9 Å². The molecule has 1 aromatic rings. The summed E-state index contributed by atoms with van der Waals surface area (Å²) >= 11 is 0. The second-order valence-corrected chi connectivity index (χ2v) is 4.04. The van der Waals surface area contributed by atoms with E-state index >= 15 is 0 Å². The summed E-state index contributed by atoms with van der Waals surface area (Å²) in [6, 6.07) is 9.99. The van der Waals surface area contributed by atoms with E-state index in [1.165, 1.54) is 0 Å². The van der Waals surface area contributed by atoms with Gasteiger partial charge in [-0.1, -0.05) is 35.5 Å². The van der Waals surface area contributed by atoms with E-state index in [1.54, 1.807) is 0 Å². The van der Waals surface area contributed by atoms with E-state index < -0.39 is 0 Å². The molecule has 1 aromatic carbocycles. The van der Waals surface area contributed by atoms with Crippen molar-refractivity contribution in [3.8, 4) is 0 Å². The Kier molecular flexibility index (Phi) is 4.53. The van der Waals surface area contributed by atoms with Crippen LogP contribution in [-0.2, 0) is 9.57 Å². The SMILES string of the molecule is C/C(=N\OCC1CNCCO1)c1ccccc1. The highest BCUT2D eigenvalue weighted by molar-refractivity contribution is 5.98. The molecule has 0 saturated carbocycles. The van der Waals surface area contributed by atoms with Crippen molar-refractivity contribution in [3.63, 3.8) is 0 Å². The Labute approximate surface area is 102 Å². The normalized spacial score (nSPS) is 21.2. The minimum absolute atomic E-state index is 0.107. The molecule has 1 atom stereocenters. The molecule has 1 aliphatic rings. The van der Waals surface area contributed by atoms with Crippen LogP contribution in [0.2, 0.25) is 0 Å². The van der Waals surface area contributed by atoms with Gasteiger partial charge in [-0.25, -0.2) is 0 Å². The van der Waals surface area contributed by atoms with Crippen molar-refractivity contribution >= 4 is 5.71 Å². The van der Waals surface area contributed by atoms with Crippen LogP contribution in [0.3, 0.4) is 0 Å². The van der Waals surface area contributed by atoms with Crippen LogP contribution in [0.25, 0.3) is 0 Å². The van der Waals surface area contributed by atoms with Gasteiger partial charge >= 0.3 is 0 Å². The van der Waals surface area contributed by atoms with Crippen LogP contribution in [0.5, 0.6) is 0 Å². The van der Waals surface area contributed by atoms with Crippen molar-refractivity contribution in [2.45, 2.75) is 13.0 Å². The van der Waals surface area contributed by atoms with E-state index in [9.17, 15) is 0 Å². The molecule has 1 saturated heterocycles. The lowest BCUT2D eigenvalue weighted by Gasteiger charge is -2.22. The lowest BCUT2D eigenvalue weighted by atomic mass is 10.1. The highest BCUT2D eigenvalue weighted by Gasteiger charge is 2.13. The maximum Gasteiger partial charge on any atom is 0.144 e. The van der Waals surface area contributed by atoms with Gasteiger partial charge in [-0.05, 0) is 12.5 Å². The zero-order valence-electron chi connectivity index (χ0n) is 10.1. The summed E-state index contributed by atoms with van der Waals surface area (Å²) in [5, 5.41) is 7.35. The minimum Gasteiger partial charge on any atom is -0.393 e. The number of rotatable bonds is 4. The molecule has 1 aliphatic heterocycles. The second-order valence-electron chi connectivity index (χ2n) is 4.04. The lowest BCUT2D eigenvalue weighted by Crippen LogP contribution is -2.40. The summed E-state index contributed by atoms with van der Waals surface area (Å²) in [6.45, 7) is 4.94. The summed E-state index contributed by atoms with van der Waals surface area (Å²) in [5.74, 6) is 0. The summed E-state index contributed by atoms with van der Waals surface area (Å²) in [4.78, 5) is 5.31. The quantitative estimate of drug-likeness (QED) is 0.633. The van der Waals surface area contributed by atoms with E-state index in [0.29, 0.717) is 6.61 Å². The van der Waals surface area contributed by atoms with Gasteiger partial charge in [0.25, 0.3) is 0 Å². The predicted molar refractivity (Wildman–Crippen MR) is 67.2 cm³/mol. The van der Waals surface area contributed by atoms with Crippen LogP contribution in [0.4, 0.5) is 0 Å². The first-order valence-corrected chi connectivity index (χ1v) is 5.90. The Balaban J connectivity index is 1.80. The Morgan fingerprint density at radius 2 is 2.29 bits per heavy atom. The maximum absolute atomic E-state index is 5.51. The van der Waals surface area contributed by atoms with Crippen LogP contribution >= 0.6 is 0 Å². The molecular weight excluding hydrogens is 216 g/mol. The monoisotopic (exact) mass is 234 g/mol. The van der Waals surface area contributed by atoms with E-state index in [2.05, 4.69) is 10.5 Å². The first-order chi connectivity index (χ1) is 8.36. The van der Waals surface area contributed by atoms with E-state index in [0.717, 1.165) is 31.0 Å². The van der Waals surface area contributed by atoms with Gasteiger partial charge in [-0.15, -0.1) is 0 Å². The zero-order valence-corrected chi connectivity index (χ0v) is 10.1. The average Bonchev–Trinajstić information content (AvgIpc) is 2.41. The van der Waals surface area contributed by atoms with Crippen LogP contribution in [0.15, 0.2) is 35.5 Å². The van der Waals surface area contributed by atoms with Gasteiger partial charge in [-0.3, -0.25) is 0 Å². The minimum atomic E-state index is 0.107. The first kappa shape index (κ1) is 12.1. The summed E-state index contributed by atoms with van der Waals surface area (Å²) in [5.41, 5.74) is 1.96. The number of hydrogen-bond acceptors (Lipinski definition) is 4. The van der Waals surface area contributed by atoms with Gasteiger partial charge < -0.3 is 14.9 Å². The third kappa shape index (κ3) is 3.84. The molecule has 0 amide bonds. The molecule has 1 heterocycles. The van der Waals surface area contributed by atoms with Crippen LogP contribution in [0, 0.1) is 0 Å². The Hall–Kier alpha value is -1.39. The maximum atomic E-state index is 5.51. The zero-order chi connectivity index (χ0) is 11.9. The number of oxime groups is 1. The fourth-order valence-corrected chi connectivity index (χ4v) is 1.68. The molecule has 0 radical (unpaired) electrons. The van der Waals surface area contributed by atoms with E-state index in [4.69, 9.17) is 9.57 Å². The van der Waals surface area contributed by atoms with Crippen molar-refractivity contribution in [1.29, 1.82) is 0 Å².